The molecule has 6 heterocycles. The Morgan fingerprint density at radius 3 is 1.22 bits per heavy atom. The molecule has 9 rings (SSSR count). The Labute approximate surface area is 672 Å². The van der Waals surface area contributed by atoms with Gasteiger partial charge in [0.15, 0.2) is 35.4 Å². The zero-order chi connectivity index (χ0) is 86.8. The van der Waals surface area contributed by atoms with Crippen molar-refractivity contribution in [1.29, 1.82) is 0 Å². The lowest BCUT2D eigenvalue weighted by atomic mass is 9.87. The number of benzene rings is 1. The molecule has 5 aromatic rings. The number of imidazole rings is 2. The average molecular weight is 1790 g/mol. The third-order valence-electron chi connectivity index (χ3n) is 20.2. The van der Waals surface area contributed by atoms with Crippen LogP contribution in [0.2, 0.25) is 0 Å². The number of carbonyl (C=O) groups is 6. The maximum absolute atomic E-state index is 13.4. The molecular weight excluding hydrogens is 1690 g/mol. The van der Waals surface area contributed by atoms with Gasteiger partial charge in [0.2, 0.25) is 23.6 Å². The number of Topliss-reactive ketones (excluding diaryl/α,β-unsaturated/α-hetero) is 2. The summed E-state index contributed by atoms with van der Waals surface area (Å²) < 4.78 is 123. The number of phosphoric acid groups is 6. The van der Waals surface area contributed by atoms with E-state index in [2.05, 4.69) is 99.1 Å². The molecule has 54 heteroatoms. The summed E-state index contributed by atoms with van der Waals surface area (Å²) in [6.45, 7) is -0.591. The normalized spacial score (nSPS) is 23.1. The van der Waals surface area contributed by atoms with Crippen molar-refractivity contribution in [3.63, 3.8) is 0 Å². The number of aryl methyl sites for hydroxylation is 2. The van der Waals surface area contributed by atoms with Crippen molar-refractivity contribution in [3.8, 4) is 0 Å². The summed E-state index contributed by atoms with van der Waals surface area (Å²) in [5, 5.41) is 53.4. The van der Waals surface area contributed by atoms with Crippen LogP contribution in [-0.2, 0) is 114 Å². The van der Waals surface area contributed by atoms with Gasteiger partial charge in [-0.15, -0.1) is 0 Å². The SMILES string of the molecule is CC(C)(COP(=O)([O-])OP(=O)([O-])OCC1OC(n2cnc3c(N)ncnc32)C(O)C1OP(=O)([O-])[O-])C(O)C(=O)NCCC(=O)NCCC(=O)C1(CCCCc2ccccc2CCCCC2(C(=O)CCNC(=O)CCNC(=O)C(O)C(C)(C)COP(=O)([O-])OP(=O)([O-])OCC3OC(n4cnc5c(N)ncnc54)C(O)C3OP(=O)([O-])[O-])CC2)CC1. The number of fused-ring (bicyclic) bond motifs is 2. The molecule has 4 fully saturated rings. The maximum atomic E-state index is 13.4. The zero-order valence-electron chi connectivity index (χ0n) is 63.8. The van der Waals surface area contributed by atoms with E-state index in [0.29, 0.717) is 38.5 Å². The summed E-state index contributed by atoms with van der Waals surface area (Å²) in [6.07, 6.45) is -6.86. The van der Waals surface area contributed by atoms with Crippen molar-refractivity contribution in [2.75, 3.05) is 64.1 Å². The quantitative estimate of drug-likeness (QED) is 0.0133. The molecule has 2 aliphatic heterocycles. The van der Waals surface area contributed by atoms with E-state index in [4.69, 9.17) is 20.9 Å². The number of phosphoric ester groups is 6. The minimum absolute atomic E-state index is 0.0108. The number of hydrogen-bond acceptors (Lipinski definition) is 42. The second kappa shape index (κ2) is 39.4. The second-order valence-electron chi connectivity index (χ2n) is 30.1. The third kappa shape index (κ3) is 26.6. The molecule has 4 aromatic heterocycles. The molecule has 14 atom stereocenters. The second-order valence-corrected chi connectivity index (χ2v) is 38.2. The topological polar surface area (TPSA) is 750 Å². The summed E-state index contributed by atoms with van der Waals surface area (Å²) in [5.41, 5.74) is 9.33. The molecule has 48 nitrogen and oxygen atoms in total. The van der Waals surface area contributed by atoms with Crippen LogP contribution in [0.3, 0.4) is 0 Å². The van der Waals surface area contributed by atoms with Crippen LogP contribution in [0.5, 0.6) is 0 Å². The lowest BCUT2D eigenvalue weighted by Crippen LogP contribution is -2.46. The average Bonchev–Trinajstić information content (AvgIpc) is 1.62. The Hall–Kier alpha value is -6.36. The van der Waals surface area contributed by atoms with Gasteiger partial charge in [0, 0.05) is 73.5 Å². The van der Waals surface area contributed by atoms with Gasteiger partial charge in [-0.2, -0.15) is 0 Å². The van der Waals surface area contributed by atoms with Gasteiger partial charge in [0.25, 0.3) is 31.3 Å². The molecule has 658 valence electrons. The summed E-state index contributed by atoms with van der Waals surface area (Å²) >= 11 is 0. The van der Waals surface area contributed by atoms with Gasteiger partial charge < -0.3 is 138 Å². The van der Waals surface area contributed by atoms with Crippen LogP contribution in [0, 0.1) is 21.7 Å². The number of rotatable bonds is 50. The fourth-order valence-corrected chi connectivity index (χ4v) is 18.7. The first-order valence-corrected chi connectivity index (χ1v) is 45.6. The molecular formula is C64H90N14O34P6-8. The first-order valence-electron chi connectivity index (χ1n) is 36.8. The van der Waals surface area contributed by atoms with E-state index >= 15 is 0 Å². The van der Waals surface area contributed by atoms with E-state index in [-0.39, 0.29) is 97.4 Å². The molecule has 2 aliphatic carbocycles. The number of nitrogens with one attached hydrogen (secondary N) is 4. The monoisotopic (exact) mass is 1780 g/mol. The van der Waals surface area contributed by atoms with Crippen LogP contribution in [-0.4, -0.2) is 196 Å². The first kappa shape index (κ1) is 95.5. The Morgan fingerprint density at radius 2 is 0.873 bits per heavy atom. The van der Waals surface area contributed by atoms with Crippen LogP contribution in [0.15, 0.2) is 49.6 Å². The summed E-state index contributed by atoms with van der Waals surface area (Å²) in [5.74, 6) is -3.39. The lowest BCUT2D eigenvalue weighted by Gasteiger charge is -2.36. The molecule has 4 aliphatic rings. The van der Waals surface area contributed by atoms with Crippen molar-refractivity contribution < 1.29 is 161 Å². The first-order chi connectivity index (χ1) is 55.0. The smallest absolute Gasteiger partial charge is 0.274 e. The lowest BCUT2D eigenvalue weighted by molar-refractivity contribution is -0.348. The Balaban J connectivity index is 0.594. The van der Waals surface area contributed by atoms with E-state index < -0.39 is 180 Å². The van der Waals surface area contributed by atoms with Gasteiger partial charge in [-0.1, -0.05) is 64.8 Å². The fourth-order valence-electron chi connectivity index (χ4n) is 13.2. The number of ether oxygens (including phenoxy) is 2. The van der Waals surface area contributed by atoms with Crippen molar-refractivity contribution in [2.24, 2.45) is 21.7 Å². The standard InChI is InChI=1S/C64H98N14O34P6/c1-61(2,31-105-117(99,100)111-115(95,96)103-29-39-49(109-113(89,90)91)47(83)59(107-39)77-35-75-45-53(65)71-33-73-55(45)77)51(85)57(87)69-27-17-43(81)67-25-15-41(79)63(21-22-63)19-9-7-13-37-11-5-6-12-38(37)14-8-10-20-64(23-24-64)42(80)16-26-68-44(82)18-28-70-58(88)52(86)62(3,4)32-106-118(101,102)112-116(97,98)104-30-40-50(110-114(92,93)94)48(84)60(108-40)78-36-76-46-54(66)72-34-74-56(46)78/h5-6,11-12,33-36,39-40,47-52,59-60,83-86H,7-10,13-32H2,1-4H3,(H,67,81)(H,68,82)(H,69,87)(H,70,88)(H,95,96)(H,97,98)(H,99,100)(H,101,102)(H2,65,71,73)(H2,66,72,74)(H2,89,90,91)(H2,92,93,94)/p-8. The number of aliphatic hydroxyl groups is 4. The summed E-state index contributed by atoms with van der Waals surface area (Å²) in [4.78, 5) is 199. The number of ketones is 2. The van der Waals surface area contributed by atoms with Gasteiger partial charge in [-0.05, 0) is 75.3 Å². The summed E-state index contributed by atoms with van der Waals surface area (Å²) in [6, 6.07) is 8.06. The largest absolute Gasteiger partial charge is 0.790 e. The molecule has 2 saturated carbocycles. The number of aliphatic hydroxyl groups excluding tert-OH is 4. The Morgan fingerprint density at radius 1 is 0.525 bits per heavy atom. The molecule has 0 radical (unpaired) electrons. The van der Waals surface area contributed by atoms with Crippen molar-refractivity contribution in [1.82, 2.24) is 60.3 Å². The number of unbranched alkanes of at least 4 members (excludes halogenated alkanes) is 2. The highest BCUT2D eigenvalue weighted by Crippen LogP contribution is 2.59. The molecule has 12 N–H and O–H groups in total. The van der Waals surface area contributed by atoms with E-state index in [1.807, 2.05) is 12.1 Å². The number of anilines is 2. The highest BCUT2D eigenvalue weighted by atomic mass is 31.3. The van der Waals surface area contributed by atoms with E-state index in [1.54, 1.807) is 0 Å². The Bertz CT molecular complexity index is 4430. The van der Waals surface area contributed by atoms with Gasteiger partial charge >= 0.3 is 0 Å². The molecule has 14 unspecified atom stereocenters. The number of nitrogen functional groups attached to an aromatic ring is 2. The van der Waals surface area contributed by atoms with Crippen molar-refractivity contribution in [2.45, 2.75) is 192 Å². The number of amides is 4. The van der Waals surface area contributed by atoms with Gasteiger partial charge in [-0.25, -0.2) is 38.5 Å². The van der Waals surface area contributed by atoms with Crippen LogP contribution in [0.4, 0.5) is 11.6 Å². The number of hydrogen-bond donors (Lipinski definition) is 10. The van der Waals surface area contributed by atoms with E-state index in [0.717, 1.165) is 73.0 Å². The molecule has 0 bridgehead atoms. The van der Waals surface area contributed by atoms with Crippen LogP contribution >= 0.6 is 46.9 Å². The number of carbonyl (C=O) groups excluding carboxylic acids is 6. The van der Waals surface area contributed by atoms with Crippen molar-refractivity contribution >= 4 is 116 Å². The van der Waals surface area contributed by atoms with Crippen LogP contribution < -0.4 is 71.9 Å². The molecule has 118 heavy (non-hydrogen) atoms. The Kier molecular flexibility index (Phi) is 31.9. The van der Waals surface area contributed by atoms with Crippen LogP contribution in [0.1, 0.15) is 141 Å². The van der Waals surface area contributed by atoms with E-state index in [9.17, 15) is 116 Å². The third-order valence-corrected chi connectivity index (χ3v) is 26.2. The minimum atomic E-state index is -5.99. The molecule has 1 aromatic carbocycles. The highest BCUT2D eigenvalue weighted by molar-refractivity contribution is 7.60. The number of nitrogens with zero attached hydrogens (tertiary/aromatic N) is 8. The van der Waals surface area contributed by atoms with Crippen LogP contribution in [0.25, 0.3) is 22.3 Å². The van der Waals surface area contributed by atoms with Gasteiger partial charge in [-0.3, -0.25) is 56.2 Å². The zero-order valence-corrected chi connectivity index (χ0v) is 69.2. The predicted molar refractivity (Wildman–Crippen MR) is 386 cm³/mol. The highest BCUT2D eigenvalue weighted by Gasteiger charge is 2.52. The number of nitrogens with two attached hydrogens (primary N) is 2. The van der Waals surface area contributed by atoms with Crippen molar-refractivity contribution in [3.05, 3.63) is 60.7 Å². The molecule has 2 saturated heterocycles. The molecule has 4 amide bonds. The van der Waals surface area contributed by atoms with Gasteiger partial charge in [0.1, 0.15) is 84.1 Å². The predicted octanol–water partition coefficient (Wildman–Crippen LogP) is -3.63. The van der Waals surface area contributed by atoms with E-state index in [1.165, 1.54) is 38.8 Å². The fraction of sp³-hybridized carbons (Fsp3) is 0.656. The maximum Gasteiger partial charge on any atom is 0.274 e. The van der Waals surface area contributed by atoms with Gasteiger partial charge in [0.05, 0.1) is 54.7 Å². The molecule has 0 spiro atoms. The summed E-state index contributed by atoms with van der Waals surface area (Å²) in [7, 11) is -35.6. The minimum Gasteiger partial charge on any atom is -0.790 e. The number of aromatic nitrogens is 8.